The van der Waals surface area contributed by atoms with E-state index in [0.717, 1.165) is 12.8 Å². The molecule has 23 heavy (non-hydrogen) atoms. The van der Waals surface area contributed by atoms with Gasteiger partial charge in [0.25, 0.3) is 5.91 Å². The van der Waals surface area contributed by atoms with Gasteiger partial charge in [0.2, 0.25) is 0 Å². The van der Waals surface area contributed by atoms with Crippen molar-refractivity contribution in [2.75, 3.05) is 0 Å². The lowest BCUT2D eigenvalue weighted by molar-refractivity contribution is 0.0955. The Labute approximate surface area is 138 Å². The molecule has 0 aliphatic heterocycles. The number of nitrogens with zero attached hydrogens (tertiary/aromatic N) is 1. The Balaban J connectivity index is 1.81. The van der Waals surface area contributed by atoms with Gasteiger partial charge in [-0.2, -0.15) is 5.10 Å². The molecule has 1 amide bonds. The quantitative estimate of drug-likeness (QED) is 0.648. The Morgan fingerprint density at radius 1 is 1.04 bits per heavy atom. The molecule has 0 heterocycles. The first-order chi connectivity index (χ1) is 11.0. The largest absolute Gasteiger partial charge is 0.271 e. The molecule has 0 radical (unpaired) electrons. The summed E-state index contributed by atoms with van der Waals surface area (Å²) in [5.41, 5.74) is 5.76. The van der Waals surface area contributed by atoms with Gasteiger partial charge in [-0.25, -0.2) is 5.43 Å². The molecule has 0 aromatic heterocycles. The van der Waals surface area contributed by atoms with Crippen molar-refractivity contribution in [1.29, 1.82) is 0 Å². The van der Waals surface area contributed by atoms with Crippen molar-refractivity contribution < 1.29 is 4.79 Å². The zero-order chi connectivity index (χ0) is 16.7. The maximum absolute atomic E-state index is 12.0. The summed E-state index contributed by atoms with van der Waals surface area (Å²) < 4.78 is 0. The second-order valence-electron chi connectivity index (χ2n) is 6.60. The van der Waals surface area contributed by atoms with Crippen molar-refractivity contribution in [3.63, 3.8) is 0 Å². The Morgan fingerprint density at radius 3 is 2.30 bits per heavy atom. The molecule has 0 atom stereocenters. The monoisotopic (exact) mass is 308 g/mol. The second-order valence-corrected chi connectivity index (χ2v) is 6.60. The number of hydrogen-bond acceptors (Lipinski definition) is 2. The molecular weight excluding hydrogens is 284 g/mol. The maximum atomic E-state index is 12.0. The fourth-order valence-corrected chi connectivity index (χ4v) is 2.23. The van der Waals surface area contributed by atoms with Crippen molar-refractivity contribution in [3.05, 3.63) is 71.3 Å². The summed E-state index contributed by atoms with van der Waals surface area (Å²) in [6.07, 6.45) is 3.46. The molecule has 0 bridgehead atoms. The highest BCUT2D eigenvalue weighted by molar-refractivity contribution is 5.94. The highest BCUT2D eigenvalue weighted by Crippen LogP contribution is 2.22. The van der Waals surface area contributed by atoms with Crippen LogP contribution in [0.25, 0.3) is 0 Å². The van der Waals surface area contributed by atoms with Crippen LogP contribution in [0.1, 0.15) is 48.7 Å². The second kappa shape index (κ2) is 7.73. The van der Waals surface area contributed by atoms with E-state index < -0.39 is 0 Å². The van der Waals surface area contributed by atoms with E-state index in [2.05, 4.69) is 43.4 Å². The molecule has 0 saturated heterocycles. The van der Waals surface area contributed by atoms with E-state index in [4.69, 9.17) is 0 Å². The van der Waals surface area contributed by atoms with E-state index in [1.807, 2.05) is 42.5 Å². The number of hydrazone groups is 1. The topological polar surface area (TPSA) is 41.5 Å². The Hall–Kier alpha value is -2.42. The van der Waals surface area contributed by atoms with E-state index in [9.17, 15) is 4.79 Å². The van der Waals surface area contributed by atoms with Crippen molar-refractivity contribution >= 4 is 12.1 Å². The fourth-order valence-electron chi connectivity index (χ4n) is 2.23. The van der Waals surface area contributed by atoms with Crippen LogP contribution in [-0.2, 0) is 11.8 Å². The summed E-state index contributed by atoms with van der Waals surface area (Å²) in [5.74, 6) is -0.179. The van der Waals surface area contributed by atoms with Crippen LogP contribution in [0.15, 0.2) is 59.7 Å². The molecule has 2 aromatic carbocycles. The van der Waals surface area contributed by atoms with Crippen molar-refractivity contribution in [3.8, 4) is 0 Å². The van der Waals surface area contributed by atoms with Crippen LogP contribution >= 0.6 is 0 Å². The lowest BCUT2D eigenvalue weighted by atomic mass is 9.87. The van der Waals surface area contributed by atoms with E-state index >= 15 is 0 Å². The first-order valence-corrected chi connectivity index (χ1v) is 7.93. The van der Waals surface area contributed by atoms with Gasteiger partial charge in [0.05, 0.1) is 0 Å². The number of hydrogen-bond donors (Lipinski definition) is 1. The van der Waals surface area contributed by atoms with Crippen LogP contribution in [0.2, 0.25) is 0 Å². The molecule has 0 aliphatic carbocycles. The van der Waals surface area contributed by atoms with Gasteiger partial charge < -0.3 is 0 Å². The highest BCUT2D eigenvalue weighted by atomic mass is 16.2. The molecule has 3 heteroatoms. The van der Waals surface area contributed by atoms with Gasteiger partial charge in [-0.1, -0.05) is 63.2 Å². The molecule has 1 N–H and O–H groups in total. The van der Waals surface area contributed by atoms with Gasteiger partial charge in [0.1, 0.15) is 0 Å². The lowest BCUT2D eigenvalue weighted by Gasteiger charge is -2.18. The predicted molar refractivity (Wildman–Crippen MR) is 95.9 cm³/mol. The summed E-state index contributed by atoms with van der Waals surface area (Å²) in [4.78, 5) is 12.0. The van der Waals surface area contributed by atoms with Gasteiger partial charge in [-0.05, 0) is 41.5 Å². The Morgan fingerprint density at radius 2 is 1.70 bits per heavy atom. The van der Waals surface area contributed by atoms with E-state index in [0.29, 0.717) is 5.56 Å². The summed E-state index contributed by atoms with van der Waals surface area (Å²) in [6.45, 7) is 6.46. The van der Waals surface area contributed by atoms with Gasteiger partial charge >= 0.3 is 0 Å². The molecule has 0 spiro atoms. The van der Waals surface area contributed by atoms with Crippen LogP contribution in [0.5, 0.6) is 0 Å². The third-order valence-electron chi connectivity index (χ3n) is 3.68. The Kier molecular flexibility index (Phi) is 5.69. The first kappa shape index (κ1) is 16.9. The fraction of sp³-hybridized carbons (Fsp3) is 0.300. The molecule has 0 fully saturated rings. The van der Waals surface area contributed by atoms with Crippen LogP contribution in [0, 0.1) is 0 Å². The molecular formula is C20H24N2O. The minimum atomic E-state index is -0.179. The maximum Gasteiger partial charge on any atom is 0.271 e. The van der Waals surface area contributed by atoms with Crippen molar-refractivity contribution in [2.45, 2.75) is 39.0 Å². The van der Waals surface area contributed by atoms with Crippen molar-refractivity contribution in [1.82, 2.24) is 5.43 Å². The smallest absolute Gasteiger partial charge is 0.267 e. The third kappa shape index (κ3) is 5.37. The van der Waals surface area contributed by atoms with Gasteiger partial charge in [-0.3, -0.25) is 4.79 Å². The average Bonchev–Trinajstić information content (AvgIpc) is 2.54. The summed E-state index contributed by atoms with van der Waals surface area (Å²) in [5, 5.41) is 4.01. The highest BCUT2D eigenvalue weighted by Gasteiger charge is 2.13. The summed E-state index contributed by atoms with van der Waals surface area (Å²) in [7, 11) is 0. The predicted octanol–water partition coefficient (Wildman–Crippen LogP) is 4.33. The average molecular weight is 308 g/mol. The number of amides is 1. The minimum absolute atomic E-state index is 0.0879. The SMILES string of the molecule is CC(C)(C)c1ccc(C(=O)NN=CCCc2ccccc2)cc1. The van der Waals surface area contributed by atoms with Crippen LogP contribution in [0.3, 0.4) is 0 Å². The van der Waals surface area contributed by atoms with E-state index in [1.54, 1.807) is 6.21 Å². The number of aryl methyl sites for hydroxylation is 1. The number of rotatable bonds is 5. The van der Waals surface area contributed by atoms with Gasteiger partial charge in [-0.15, -0.1) is 0 Å². The molecule has 2 rings (SSSR count). The molecule has 0 aliphatic rings. The zero-order valence-electron chi connectivity index (χ0n) is 14.0. The number of nitrogens with one attached hydrogen (secondary N) is 1. The molecule has 120 valence electrons. The zero-order valence-corrected chi connectivity index (χ0v) is 14.0. The van der Waals surface area contributed by atoms with Crippen LogP contribution < -0.4 is 5.43 Å². The first-order valence-electron chi connectivity index (χ1n) is 7.93. The molecule has 0 unspecified atom stereocenters. The number of carbonyl (C=O) groups excluding carboxylic acids is 1. The molecule has 0 saturated carbocycles. The normalized spacial score (nSPS) is 11.6. The van der Waals surface area contributed by atoms with Gasteiger partial charge in [0.15, 0.2) is 0 Å². The lowest BCUT2D eigenvalue weighted by Crippen LogP contribution is -2.18. The van der Waals surface area contributed by atoms with E-state index in [-0.39, 0.29) is 11.3 Å². The number of benzene rings is 2. The standard InChI is InChI=1S/C20H24N2O/c1-20(2,3)18-13-11-17(12-14-18)19(23)22-21-15-7-10-16-8-5-4-6-9-16/h4-6,8-9,11-15H,7,10H2,1-3H3,(H,22,23). The summed E-state index contributed by atoms with van der Waals surface area (Å²) >= 11 is 0. The Bertz CT molecular complexity index is 652. The summed E-state index contributed by atoms with van der Waals surface area (Å²) in [6, 6.07) is 17.9. The van der Waals surface area contributed by atoms with Crippen LogP contribution in [0.4, 0.5) is 0 Å². The third-order valence-corrected chi connectivity index (χ3v) is 3.68. The molecule has 3 nitrogen and oxygen atoms in total. The van der Waals surface area contributed by atoms with Gasteiger partial charge in [0, 0.05) is 11.8 Å². The van der Waals surface area contributed by atoms with Crippen LogP contribution in [-0.4, -0.2) is 12.1 Å². The van der Waals surface area contributed by atoms with E-state index in [1.165, 1.54) is 11.1 Å². The van der Waals surface area contributed by atoms with Crippen molar-refractivity contribution in [2.24, 2.45) is 5.10 Å². The number of carbonyl (C=O) groups is 1. The minimum Gasteiger partial charge on any atom is -0.267 e. The molecule has 2 aromatic rings.